The van der Waals surface area contributed by atoms with Crippen molar-refractivity contribution in [3.8, 4) is 0 Å². The largest absolute Gasteiger partial charge is 0.152 e. The third kappa shape index (κ3) is 0.838. The van der Waals surface area contributed by atoms with E-state index in [1.165, 1.54) is 12.8 Å². The van der Waals surface area contributed by atoms with E-state index in [-0.39, 0.29) is 0 Å². The van der Waals surface area contributed by atoms with Gasteiger partial charge in [-0.05, 0) is 30.6 Å². The van der Waals surface area contributed by atoms with Crippen molar-refractivity contribution in [2.24, 2.45) is 17.8 Å². The normalized spacial score (nSPS) is 58.1. The lowest BCUT2D eigenvalue weighted by Gasteiger charge is -2.19. The molecule has 1 aliphatic heterocycles. The van der Waals surface area contributed by atoms with Crippen LogP contribution in [0.4, 0.5) is 0 Å². The van der Waals surface area contributed by atoms with Crippen molar-refractivity contribution in [2.45, 2.75) is 43.1 Å². The van der Waals surface area contributed by atoms with E-state index in [1.807, 2.05) is 0 Å². The topological polar surface area (TPSA) is 0 Å². The summed E-state index contributed by atoms with van der Waals surface area (Å²) in [4.78, 5) is 0. The van der Waals surface area contributed by atoms with Gasteiger partial charge in [-0.3, -0.25) is 0 Å². The maximum absolute atomic E-state index is 2.34. The van der Waals surface area contributed by atoms with Gasteiger partial charge in [0.2, 0.25) is 0 Å². The number of rotatable bonds is 2. The zero-order chi connectivity index (χ0) is 7.42. The Bertz CT molecular complexity index is 178. The molecule has 0 radical (unpaired) electrons. The molecule has 3 aliphatic rings. The summed E-state index contributed by atoms with van der Waals surface area (Å²) in [5, 5.41) is 2.29. The first kappa shape index (κ1) is 6.82. The van der Waals surface area contributed by atoms with E-state index in [2.05, 4.69) is 18.7 Å². The first-order chi connectivity index (χ1) is 5.40. The van der Waals surface area contributed by atoms with Crippen molar-refractivity contribution in [3.63, 3.8) is 0 Å². The van der Waals surface area contributed by atoms with Gasteiger partial charge in [0.25, 0.3) is 0 Å². The standard InChI is InChI=1S/C10H16S/c1-2-3-6-4-7-5-8(6)10-9(7)11-10/h6-10H,2-5H2,1H3. The maximum atomic E-state index is 2.34. The van der Waals surface area contributed by atoms with E-state index in [4.69, 9.17) is 0 Å². The van der Waals surface area contributed by atoms with E-state index in [9.17, 15) is 0 Å². The number of thioether (sulfide) groups is 1. The molecule has 5 unspecified atom stereocenters. The van der Waals surface area contributed by atoms with Gasteiger partial charge in [0.1, 0.15) is 0 Å². The van der Waals surface area contributed by atoms with Crippen molar-refractivity contribution in [1.82, 2.24) is 0 Å². The molecule has 1 saturated heterocycles. The SMILES string of the molecule is CCCC1CC2CC1C1SC21. The van der Waals surface area contributed by atoms with Gasteiger partial charge >= 0.3 is 0 Å². The monoisotopic (exact) mass is 168 g/mol. The molecule has 0 nitrogen and oxygen atoms in total. The van der Waals surface area contributed by atoms with E-state index in [0.717, 1.165) is 28.3 Å². The molecule has 0 aromatic carbocycles. The fourth-order valence-electron chi connectivity index (χ4n) is 3.44. The summed E-state index contributed by atoms with van der Waals surface area (Å²) >= 11 is 2.29. The van der Waals surface area contributed by atoms with Crippen LogP contribution in [0, 0.1) is 17.8 Å². The first-order valence-corrected chi connectivity index (χ1v) is 6.00. The lowest BCUT2D eigenvalue weighted by Crippen LogP contribution is -2.17. The van der Waals surface area contributed by atoms with Crippen molar-refractivity contribution >= 4 is 11.8 Å². The average Bonchev–Trinajstić information content (AvgIpc) is 2.62. The number of hydrogen-bond acceptors (Lipinski definition) is 1. The molecule has 3 fully saturated rings. The van der Waals surface area contributed by atoms with Crippen LogP contribution in [-0.2, 0) is 0 Å². The van der Waals surface area contributed by atoms with Gasteiger partial charge in [-0.15, -0.1) is 0 Å². The van der Waals surface area contributed by atoms with Crippen LogP contribution in [0.15, 0.2) is 0 Å². The second-order valence-electron chi connectivity index (χ2n) is 4.51. The van der Waals surface area contributed by atoms with Gasteiger partial charge in [0.05, 0.1) is 0 Å². The fraction of sp³-hybridized carbons (Fsp3) is 1.00. The average molecular weight is 168 g/mol. The minimum Gasteiger partial charge on any atom is -0.152 e. The summed E-state index contributed by atoms with van der Waals surface area (Å²) in [5.41, 5.74) is 0. The minimum absolute atomic E-state index is 1.14. The highest BCUT2D eigenvalue weighted by Crippen LogP contribution is 2.67. The Morgan fingerprint density at radius 2 is 2.18 bits per heavy atom. The quantitative estimate of drug-likeness (QED) is 0.571. The van der Waals surface area contributed by atoms with Gasteiger partial charge in [-0.2, -0.15) is 11.8 Å². The summed E-state index contributed by atoms with van der Waals surface area (Å²) < 4.78 is 0. The van der Waals surface area contributed by atoms with Crippen LogP contribution in [0.5, 0.6) is 0 Å². The molecule has 62 valence electrons. The first-order valence-electron chi connectivity index (χ1n) is 5.05. The summed E-state index contributed by atoms with van der Waals surface area (Å²) in [6, 6.07) is 0. The molecule has 0 spiro atoms. The molecule has 0 aromatic heterocycles. The van der Waals surface area contributed by atoms with Crippen molar-refractivity contribution in [1.29, 1.82) is 0 Å². The molecule has 5 atom stereocenters. The van der Waals surface area contributed by atoms with Crippen LogP contribution >= 0.6 is 11.8 Å². The summed E-state index contributed by atoms with van der Waals surface area (Å²) in [6.45, 7) is 2.34. The fourth-order valence-corrected chi connectivity index (χ4v) is 5.11. The van der Waals surface area contributed by atoms with E-state index in [1.54, 1.807) is 12.8 Å². The Morgan fingerprint density at radius 3 is 2.82 bits per heavy atom. The van der Waals surface area contributed by atoms with Crippen LogP contribution in [0.3, 0.4) is 0 Å². The molecule has 0 aromatic rings. The van der Waals surface area contributed by atoms with Crippen LogP contribution in [0.1, 0.15) is 32.6 Å². The Balaban J connectivity index is 1.73. The second kappa shape index (κ2) is 2.18. The molecule has 1 heteroatoms. The smallest absolute Gasteiger partial charge is 0.0203 e. The summed E-state index contributed by atoms with van der Waals surface area (Å²) in [7, 11) is 0. The highest BCUT2D eigenvalue weighted by Gasteiger charge is 2.61. The Labute approximate surface area is 73.1 Å². The Morgan fingerprint density at radius 1 is 1.27 bits per heavy atom. The Hall–Kier alpha value is 0.350. The number of hydrogen-bond donors (Lipinski definition) is 0. The van der Waals surface area contributed by atoms with Gasteiger partial charge in [0.15, 0.2) is 0 Å². The molecule has 0 N–H and O–H groups in total. The van der Waals surface area contributed by atoms with Crippen LogP contribution < -0.4 is 0 Å². The summed E-state index contributed by atoms with van der Waals surface area (Å²) in [5.74, 6) is 3.46. The lowest BCUT2D eigenvalue weighted by molar-refractivity contribution is 0.344. The molecular formula is C10H16S. The molecule has 2 saturated carbocycles. The third-order valence-corrected chi connectivity index (χ3v) is 5.53. The van der Waals surface area contributed by atoms with Gasteiger partial charge in [-0.25, -0.2) is 0 Å². The van der Waals surface area contributed by atoms with Crippen LogP contribution in [0.2, 0.25) is 0 Å². The van der Waals surface area contributed by atoms with Gasteiger partial charge in [0, 0.05) is 10.5 Å². The molecule has 3 rings (SSSR count). The Kier molecular flexibility index (Phi) is 1.36. The molecule has 2 bridgehead atoms. The van der Waals surface area contributed by atoms with E-state index < -0.39 is 0 Å². The zero-order valence-corrected chi connectivity index (χ0v) is 7.94. The maximum Gasteiger partial charge on any atom is 0.0203 e. The molecule has 1 heterocycles. The third-order valence-electron chi connectivity index (χ3n) is 3.89. The predicted octanol–water partition coefficient (Wildman–Crippen LogP) is 2.93. The summed E-state index contributed by atoms with van der Waals surface area (Å²) in [6.07, 6.45) is 6.13. The second-order valence-corrected chi connectivity index (χ2v) is 5.87. The van der Waals surface area contributed by atoms with Gasteiger partial charge in [-0.1, -0.05) is 19.8 Å². The molecule has 2 aliphatic carbocycles. The van der Waals surface area contributed by atoms with Crippen LogP contribution in [-0.4, -0.2) is 10.5 Å². The van der Waals surface area contributed by atoms with Crippen LogP contribution in [0.25, 0.3) is 0 Å². The van der Waals surface area contributed by atoms with Crippen molar-refractivity contribution < 1.29 is 0 Å². The highest BCUT2D eigenvalue weighted by atomic mass is 32.2. The predicted molar refractivity (Wildman–Crippen MR) is 49.8 cm³/mol. The number of fused-ring (bicyclic) bond motifs is 5. The van der Waals surface area contributed by atoms with Crippen molar-refractivity contribution in [3.05, 3.63) is 0 Å². The molecule has 0 amide bonds. The van der Waals surface area contributed by atoms with E-state index >= 15 is 0 Å². The van der Waals surface area contributed by atoms with E-state index in [0.29, 0.717) is 0 Å². The minimum atomic E-state index is 1.14. The highest BCUT2D eigenvalue weighted by molar-refractivity contribution is 8.07. The van der Waals surface area contributed by atoms with Crippen molar-refractivity contribution in [2.75, 3.05) is 0 Å². The molecule has 11 heavy (non-hydrogen) atoms. The lowest BCUT2D eigenvalue weighted by atomic mass is 9.86. The molecular weight excluding hydrogens is 152 g/mol. The zero-order valence-electron chi connectivity index (χ0n) is 7.12. The van der Waals surface area contributed by atoms with Gasteiger partial charge < -0.3 is 0 Å².